The Bertz CT molecular complexity index is 1140. The number of rotatable bonds is 6. The van der Waals surface area contributed by atoms with E-state index in [2.05, 4.69) is 4.98 Å². The van der Waals surface area contributed by atoms with E-state index in [9.17, 15) is 9.59 Å². The molecule has 1 N–H and O–H groups in total. The second kappa shape index (κ2) is 8.82. The number of aromatic amines is 1. The number of H-pyrrole nitrogens is 1. The van der Waals surface area contributed by atoms with Crippen LogP contribution in [0.4, 0.5) is 0 Å². The number of hydrazine groups is 1. The second-order valence-electron chi connectivity index (χ2n) is 7.66. The molecule has 2 amide bonds. The molecule has 2 heterocycles. The van der Waals surface area contributed by atoms with Gasteiger partial charge in [0.05, 0.1) is 27.8 Å². The zero-order valence-electron chi connectivity index (χ0n) is 18.7. The molecule has 3 aromatic rings. The molecule has 1 fully saturated rings. The number of methoxy groups -OCH3 is 3. The van der Waals surface area contributed by atoms with Gasteiger partial charge in [0.25, 0.3) is 5.91 Å². The number of fused-ring (bicyclic) bond motifs is 1. The number of carbonyl (C=O) groups is 2. The van der Waals surface area contributed by atoms with E-state index < -0.39 is 0 Å². The molecule has 4 rings (SSSR count). The maximum atomic E-state index is 13.4. The predicted molar refractivity (Wildman–Crippen MR) is 120 cm³/mol. The summed E-state index contributed by atoms with van der Waals surface area (Å²) in [5.41, 5.74) is 3.28. The van der Waals surface area contributed by atoms with E-state index in [1.165, 1.54) is 26.3 Å². The van der Waals surface area contributed by atoms with Gasteiger partial charge in [-0.2, -0.15) is 0 Å². The maximum Gasteiger partial charge on any atom is 0.272 e. The smallest absolute Gasteiger partial charge is 0.272 e. The number of amides is 2. The molecule has 0 spiro atoms. The molecule has 1 aliphatic heterocycles. The van der Waals surface area contributed by atoms with Crippen LogP contribution in [-0.4, -0.2) is 61.2 Å². The lowest BCUT2D eigenvalue weighted by Crippen LogP contribution is -2.45. The van der Waals surface area contributed by atoms with Crippen molar-refractivity contribution in [1.82, 2.24) is 15.0 Å². The van der Waals surface area contributed by atoms with Crippen LogP contribution in [0, 0.1) is 6.92 Å². The Morgan fingerprint density at radius 2 is 1.62 bits per heavy atom. The van der Waals surface area contributed by atoms with Gasteiger partial charge in [-0.3, -0.25) is 14.6 Å². The number of aryl methyl sites for hydroxylation is 1. The van der Waals surface area contributed by atoms with Crippen LogP contribution in [0.2, 0.25) is 0 Å². The van der Waals surface area contributed by atoms with Crippen molar-refractivity contribution >= 4 is 22.7 Å². The summed E-state index contributed by atoms with van der Waals surface area (Å²) in [7, 11) is 4.51. The summed E-state index contributed by atoms with van der Waals surface area (Å²) in [6.07, 6.45) is 0.934. The van der Waals surface area contributed by atoms with Crippen molar-refractivity contribution in [2.75, 3.05) is 34.4 Å². The number of aromatic nitrogens is 1. The third kappa shape index (κ3) is 3.72. The molecule has 1 aromatic heterocycles. The fourth-order valence-corrected chi connectivity index (χ4v) is 4.24. The van der Waals surface area contributed by atoms with Gasteiger partial charge in [-0.1, -0.05) is 18.2 Å². The molecule has 0 unspecified atom stereocenters. The van der Waals surface area contributed by atoms with Gasteiger partial charge in [-0.05, 0) is 37.1 Å². The third-order valence-electron chi connectivity index (χ3n) is 5.82. The highest BCUT2D eigenvalue weighted by molar-refractivity contribution is 5.97. The number of ether oxygens (including phenoxy) is 3. The summed E-state index contributed by atoms with van der Waals surface area (Å²) in [5, 5.41) is 4.08. The monoisotopic (exact) mass is 437 g/mol. The minimum absolute atomic E-state index is 0.115. The average Bonchev–Trinajstić information content (AvgIpc) is 3.42. The molecule has 32 heavy (non-hydrogen) atoms. The maximum absolute atomic E-state index is 13.4. The van der Waals surface area contributed by atoms with E-state index in [0.717, 1.165) is 28.6 Å². The van der Waals surface area contributed by atoms with Gasteiger partial charge < -0.3 is 19.2 Å². The number of benzene rings is 2. The molecule has 1 saturated heterocycles. The Kier molecular flexibility index (Phi) is 5.94. The molecule has 2 aromatic carbocycles. The molecule has 0 saturated carbocycles. The van der Waals surface area contributed by atoms with Crippen LogP contribution < -0.4 is 14.2 Å². The van der Waals surface area contributed by atoms with Crippen LogP contribution in [0.25, 0.3) is 10.9 Å². The van der Waals surface area contributed by atoms with E-state index in [1.54, 1.807) is 17.1 Å². The summed E-state index contributed by atoms with van der Waals surface area (Å²) in [5.74, 6) is 0.793. The van der Waals surface area contributed by atoms with Crippen molar-refractivity contribution in [1.29, 1.82) is 0 Å². The highest BCUT2D eigenvalue weighted by Gasteiger charge is 2.33. The molecule has 8 nitrogen and oxygen atoms in total. The van der Waals surface area contributed by atoms with Gasteiger partial charge in [0.1, 0.15) is 0 Å². The number of hydrogen-bond acceptors (Lipinski definition) is 5. The SMILES string of the molecule is COc1cc(C(=O)N2CCCN2C(=O)Cc2c(C)[nH]c3ccccc23)cc(OC)c1OC. The van der Waals surface area contributed by atoms with Crippen LogP contribution in [0.1, 0.15) is 28.0 Å². The minimum atomic E-state index is -0.286. The summed E-state index contributed by atoms with van der Waals surface area (Å²) in [4.78, 5) is 29.9. The standard InChI is InChI=1S/C24H27N3O5/c1-15-18(17-8-5-6-9-19(17)25-15)14-22(28)26-10-7-11-27(26)24(29)16-12-20(30-2)23(32-4)21(13-16)31-3/h5-6,8-9,12-13,25H,7,10-11,14H2,1-4H3. The topological polar surface area (TPSA) is 84.1 Å². The van der Waals surface area contributed by atoms with Crippen LogP contribution in [0.3, 0.4) is 0 Å². The van der Waals surface area contributed by atoms with Gasteiger partial charge >= 0.3 is 0 Å². The fourth-order valence-electron chi connectivity index (χ4n) is 4.24. The minimum Gasteiger partial charge on any atom is -0.493 e. The van der Waals surface area contributed by atoms with Crippen LogP contribution in [0.15, 0.2) is 36.4 Å². The lowest BCUT2D eigenvalue weighted by molar-refractivity contribution is -0.139. The van der Waals surface area contributed by atoms with Crippen molar-refractivity contribution in [2.45, 2.75) is 19.8 Å². The Labute approximate surface area is 186 Å². The summed E-state index contributed by atoms with van der Waals surface area (Å²) < 4.78 is 16.1. The quantitative estimate of drug-likeness (QED) is 0.640. The predicted octanol–water partition coefficient (Wildman–Crippen LogP) is 3.33. The number of para-hydroxylation sites is 1. The second-order valence-corrected chi connectivity index (χ2v) is 7.66. The summed E-state index contributed by atoms with van der Waals surface area (Å²) >= 11 is 0. The van der Waals surface area contributed by atoms with Gasteiger partial charge in [-0.25, -0.2) is 5.01 Å². The normalized spacial score (nSPS) is 13.5. The average molecular weight is 437 g/mol. The molecule has 0 radical (unpaired) electrons. The Morgan fingerprint density at radius 3 is 2.28 bits per heavy atom. The van der Waals surface area contributed by atoms with Crippen molar-refractivity contribution in [3.8, 4) is 17.2 Å². The lowest BCUT2D eigenvalue weighted by atomic mass is 10.1. The van der Waals surface area contributed by atoms with E-state index in [0.29, 0.717) is 35.9 Å². The van der Waals surface area contributed by atoms with E-state index in [4.69, 9.17) is 14.2 Å². The fraction of sp³-hybridized carbons (Fsp3) is 0.333. The number of carbonyl (C=O) groups excluding carboxylic acids is 2. The van der Waals surface area contributed by atoms with Gasteiger partial charge in [0.15, 0.2) is 11.5 Å². The van der Waals surface area contributed by atoms with Gasteiger partial charge in [0.2, 0.25) is 11.7 Å². The first-order valence-electron chi connectivity index (χ1n) is 10.5. The lowest BCUT2D eigenvalue weighted by Gasteiger charge is -2.28. The molecule has 168 valence electrons. The van der Waals surface area contributed by atoms with Crippen molar-refractivity contribution in [2.24, 2.45) is 0 Å². The van der Waals surface area contributed by atoms with E-state index >= 15 is 0 Å². The third-order valence-corrected chi connectivity index (χ3v) is 5.82. The highest BCUT2D eigenvalue weighted by Crippen LogP contribution is 2.38. The van der Waals surface area contributed by atoms with E-state index in [-0.39, 0.29) is 18.2 Å². The van der Waals surface area contributed by atoms with Crippen molar-refractivity contribution in [3.63, 3.8) is 0 Å². The van der Waals surface area contributed by atoms with Gasteiger partial charge in [-0.15, -0.1) is 0 Å². The molecular weight excluding hydrogens is 410 g/mol. The molecule has 0 atom stereocenters. The first-order chi connectivity index (χ1) is 15.5. The Hall–Kier alpha value is -3.68. The number of nitrogens with zero attached hydrogens (tertiary/aromatic N) is 2. The number of nitrogens with one attached hydrogen (secondary N) is 1. The van der Waals surface area contributed by atoms with Crippen molar-refractivity contribution < 1.29 is 23.8 Å². The number of hydrogen-bond donors (Lipinski definition) is 1. The van der Waals surface area contributed by atoms with Gasteiger partial charge in [0, 0.05) is 35.2 Å². The molecule has 8 heteroatoms. The largest absolute Gasteiger partial charge is 0.493 e. The van der Waals surface area contributed by atoms with Crippen LogP contribution >= 0.6 is 0 Å². The van der Waals surface area contributed by atoms with Crippen LogP contribution in [0.5, 0.6) is 17.2 Å². The molecule has 0 bridgehead atoms. The highest BCUT2D eigenvalue weighted by atomic mass is 16.5. The molecule has 1 aliphatic rings. The zero-order chi connectivity index (χ0) is 22.8. The summed E-state index contributed by atoms with van der Waals surface area (Å²) in [6.45, 7) is 2.93. The van der Waals surface area contributed by atoms with E-state index in [1.807, 2.05) is 31.2 Å². The first kappa shape index (κ1) is 21.5. The Morgan fingerprint density at radius 1 is 0.969 bits per heavy atom. The molecular formula is C24H27N3O5. The zero-order valence-corrected chi connectivity index (χ0v) is 18.7. The van der Waals surface area contributed by atoms with Crippen LogP contribution in [-0.2, 0) is 11.2 Å². The molecule has 0 aliphatic carbocycles. The Balaban J connectivity index is 1.60. The van der Waals surface area contributed by atoms with Crippen molar-refractivity contribution in [3.05, 3.63) is 53.2 Å². The summed E-state index contributed by atoms with van der Waals surface area (Å²) in [6, 6.07) is 11.1. The first-order valence-corrected chi connectivity index (χ1v) is 10.5.